The van der Waals surface area contributed by atoms with E-state index in [1.54, 1.807) is 20.8 Å². The van der Waals surface area contributed by atoms with E-state index in [1.807, 2.05) is 0 Å². The predicted molar refractivity (Wildman–Crippen MR) is 63.9 cm³/mol. The Morgan fingerprint density at radius 1 is 1.20 bits per heavy atom. The fourth-order valence-corrected chi connectivity index (χ4v) is 0.917. The minimum Gasteiger partial charge on any atom is -0.396 e. The normalized spacial score (nSPS) is 13.0. The van der Waals surface area contributed by atoms with E-state index in [9.17, 15) is 0 Å². The molecule has 0 aromatic carbocycles. The molecule has 0 bridgehead atoms. The monoisotopic (exact) mass is 220 g/mol. The molecule has 15 heavy (non-hydrogen) atoms. The largest absolute Gasteiger partial charge is 0.396 e. The molecule has 3 heteroatoms. The van der Waals surface area contributed by atoms with Crippen molar-refractivity contribution in [1.29, 1.82) is 0 Å². The van der Waals surface area contributed by atoms with E-state index in [4.69, 9.17) is 10.4 Å². The molecule has 0 aromatic rings. The lowest BCUT2D eigenvalue weighted by molar-refractivity contribution is -0.306. The van der Waals surface area contributed by atoms with E-state index >= 15 is 0 Å². The second-order valence-corrected chi connectivity index (χ2v) is 4.80. The average molecular weight is 220 g/mol. The Balaban J connectivity index is 0. The number of hydrogen-bond donors (Lipinski definition) is 2. The van der Waals surface area contributed by atoms with Gasteiger partial charge in [-0.2, -0.15) is 0 Å². The first-order chi connectivity index (χ1) is 6.91. The molecule has 0 fully saturated rings. The van der Waals surface area contributed by atoms with E-state index in [0.29, 0.717) is 12.5 Å². The highest BCUT2D eigenvalue weighted by molar-refractivity contribution is 4.54. The molecule has 0 heterocycles. The third-order valence-corrected chi connectivity index (χ3v) is 2.08. The van der Waals surface area contributed by atoms with Gasteiger partial charge in [0.05, 0.1) is 5.60 Å². The predicted octanol–water partition coefficient (Wildman–Crippen LogP) is 3.47. The second kappa shape index (κ2) is 10.4. The Hall–Kier alpha value is -0.120. The van der Waals surface area contributed by atoms with Gasteiger partial charge in [-0.1, -0.05) is 33.1 Å². The molecule has 0 aliphatic heterocycles. The Kier molecular flexibility index (Phi) is 12.0. The Morgan fingerprint density at radius 3 is 1.87 bits per heavy atom. The van der Waals surface area contributed by atoms with Crippen molar-refractivity contribution in [1.82, 2.24) is 0 Å². The molecule has 1 atom stereocenters. The van der Waals surface area contributed by atoms with Crippen LogP contribution in [0.5, 0.6) is 0 Å². The number of aliphatic hydroxyl groups excluding tert-OH is 1. The van der Waals surface area contributed by atoms with Crippen LogP contribution in [0.1, 0.15) is 60.3 Å². The first kappa shape index (κ1) is 17.3. The molecule has 0 aromatic heterocycles. The summed E-state index contributed by atoms with van der Waals surface area (Å²) in [4.78, 5) is 3.94. The SMILES string of the molecule is CC(C)(C)OO.CCCCC(CC)CO. The van der Waals surface area contributed by atoms with Gasteiger partial charge in [-0.15, -0.1) is 0 Å². The molecule has 0 rings (SSSR count). The van der Waals surface area contributed by atoms with E-state index in [-0.39, 0.29) is 0 Å². The van der Waals surface area contributed by atoms with Gasteiger partial charge in [0.2, 0.25) is 0 Å². The van der Waals surface area contributed by atoms with Gasteiger partial charge in [-0.05, 0) is 33.1 Å². The van der Waals surface area contributed by atoms with Gasteiger partial charge < -0.3 is 5.11 Å². The van der Waals surface area contributed by atoms with Crippen LogP contribution in [-0.4, -0.2) is 22.6 Å². The van der Waals surface area contributed by atoms with Gasteiger partial charge >= 0.3 is 0 Å². The van der Waals surface area contributed by atoms with Gasteiger partial charge in [-0.3, -0.25) is 5.26 Å². The van der Waals surface area contributed by atoms with Crippen molar-refractivity contribution in [2.45, 2.75) is 65.9 Å². The minimum absolute atomic E-state index is 0.372. The highest BCUT2D eigenvalue weighted by Gasteiger charge is 2.07. The first-order valence-corrected chi connectivity index (χ1v) is 5.84. The van der Waals surface area contributed by atoms with Gasteiger partial charge in [0.25, 0.3) is 0 Å². The van der Waals surface area contributed by atoms with E-state index in [2.05, 4.69) is 18.7 Å². The lowest BCUT2D eigenvalue weighted by Gasteiger charge is -2.10. The third kappa shape index (κ3) is 16.5. The minimum atomic E-state index is -0.403. The summed E-state index contributed by atoms with van der Waals surface area (Å²) in [6, 6.07) is 0. The van der Waals surface area contributed by atoms with Gasteiger partial charge in [0, 0.05) is 6.61 Å². The van der Waals surface area contributed by atoms with Crippen LogP contribution in [0.3, 0.4) is 0 Å². The maximum atomic E-state index is 8.75. The Bertz CT molecular complexity index is 115. The summed E-state index contributed by atoms with van der Waals surface area (Å²) in [5.74, 6) is 0.560. The van der Waals surface area contributed by atoms with Crippen molar-refractivity contribution >= 4 is 0 Å². The number of unbranched alkanes of at least 4 members (excludes halogenated alkanes) is 1. The molecule has 0 saturated heterocycles. The van der Waals surface area contributed by atoms with Crippen LogP contribution in [0.15, 0.2) is 0 Å². The second-order valence-electron chi connectivity index (χ2n) is 4.80. The Labute approximate surface area is 94.4 Å². The summed E-state index contributed by atoms with van der Waals surface area (Å²) in [5, 5.41) is 16.7. The topological polar surface area (TPSA) is 49.7 Å². The average Bonchev–Trinajstić information content (AvgIpc) is 2.19. The van der Waals surface area contributed by atoms with E-state index in [1.165, 1.54) is 19.3 Å². The lowest BCUT2D eigenvalue weighted by Crippen LogP contribution is -2.15. The molecule has 0 amide bonds. The molecule has 0 spiro atoms. The van der Waals surface area contributed by atoms with Gasteiger partial charge in [0.15, 0.2) is 0 Å². The van der Waals surface area contributed by atoms with Crippen molar-refractivity contribution in [3.8, 4) is 0 Å². The fraction of sp³-hybridized carbons (Fsp3) is 1.00. The first-order valence-electron chi connectivity index (χ1n) is 5.84. The highest BCUT2D eigenvalue weighted by Crippen LogP contribution is 2.10. The summed E-state index contributed by atoms with van der Waals surface area (Å²) in [6.07, 6.45) is 4.83. The van der Waals surface area contributed by atoms with Crippen LogP contribution >= 0.6 is 0 Å². The van der Waals surface area contributed by atoms with Crippen LogP contribution in [0.25, 0.3) is 0 Å². The molecule has 1 unspecified atom stereocenters. The smallest absolute Gasteiger partial charge is 0.0949 e. The number of aliphatic hydroxyl groups is 1. The number of rotatable bonds is 5. The quantitative estimate of drug-likeness (QED) is 0.551. The molecule has 3 nitrogen and oxygen atoms in total. The molecule has 0 aliphatic rings. The van der Waals surface area contributed by atoms with Crippen molar-refractivity contribution in [3.05, 3.63) is 0 Å². The Morgan fingerprint density at radius 2 is 1.67 bits per heavy atom. The number of hydrogen-bond acceptors (Lipinski definition) is 3. The van der Waals surface area contributed by atoms with E-state index in [0.717, 1.165) is 6.42 Å². The molecule has 94 valence electrons. The zero-order valence-electron chi connectivity index (χ0n) is 10.9. The molecule has 0 saturated carbocycles. The molecular weight excluding hydrogens is 192 g/mol. The van der Waals surface area contributed by atoms with Crippen LogP contribution in [0, 0.1) is 5.92 Å². The summed E-state index contributed by atoms with van der Waals surface area (Å²) in [5.41, 5.74) is -0.403. The molecule has 0 radical (unpaired) electrons. The van der Waals surface area contributed by atoms with Gasteiger partial charge in [-0.25, -0.2) is 4.89 Å². The molecular formula is C12H28O3. The van der Waals surface area contributed by atoms with E-state index < -0.39 is 5.60 Å². The lowest BCUT2D eigenvalue weighted by atomic mass is 10.0. The standard InChI is InChI=1S/C8H18O.C4H10O2/c1-3-5-6-8(4-2)7-9;1-4(2,3)6-5/h8-9H,3-7H2,1-2H3;5H,1-3H3. The van der Waals surface area contributed by atoms with Crippen molar-refractivity contribution in [2.75, 3.05) is 6.61 Å². The fourth-order valence-electron chi connectivity index (χ4n) is 0.917. The molecule has 0 aliphatic carbocycles. The summed E-state index contributed by atoms with van der Waals surface area (Å²) >= 11 is 0. The third-order valence-electron chi connectivity index (χ3n) is 2.08. The zero-order valence-corrected chi connectivity index (χ0v) is 10.9. The van der Waals surface area contributed by atoms with Crippen LogP contribution < -0.4 is 0 Å². The maximum absolute atomic E-state index is 8.75. The van der Waals surface area contributed by atoms with Crippen LogP contribution in [0.4, 0.5) is 0 Å². The summed E-state index contributed by atoms with van der Waals surface area (Å²) in [6.45, 7) is 10.0. The maximum Gasteiger partial charge on any atom is 0.0949 e. The molecule has 2 N–H and O–H groups in total. The van der Waals surface area contributed by atoms with Crippen LogP contribution in [-0.2, 0) is 4.89 Å². The van der Waals surface area contributed by atoms with Crippen molar-refractivity contribution in [2.24, 2.45) is 5.92 Å². The summed E-state index contributed by atoms with van der Waals surface area (Å²) in [7, 11) is 0. The van der Waals surface area contributed by atoms with Crippen LogP contribution in [0.2, 0.25) is 0 Å². The zero-order chi connectivity index (χ0) is 12.3. The highest BCUT2D eigenvalue weighted by atomic mass is 17.1. The van der Waals surface area contributed by atoms with Crippen molar-refractivity contribution < 1.29 is 15.3 Å². The van der Waals surface area contributed by atoms with Crippen molar-refractivity contribution in [3.63, 3.8) is 0 Å². The van der Waals surface area contributed by atoms with Gasteiger partial charge in [0.1, 0.15) is 0 Å². The summed E-state index contributed by atoms with van der Waals surface area (Å²) < 4.78 is 0.